The Labute approximate surface area is 105 Å². The molecule has 2 rings (SSSR count). The van der Waals surface area contributed by atoms with Gasteiger partial charge in [-0.1, -0.05) is 43.7 Å². The average Bonchev–Trinajstić information content (AvgIpc) is 2.89. The van der Waals surface area contributed by atoms with Gasteiger partial charge in [-0.15, -0.1) is 0 Å². The van der Waals surface area contributed by atoms with E-state index in [1.54, 1.807) is 0 Å². The molecule has 18 heavy (non-hydrogen) atoms. The number of unbranched alkanes of at least 4 members (excludes halogenated alkanes) is 1. The first-order valence-corrected chi connectivity index (χ1v) is 5.99. The van der Waals surface area contributed by atoms with Gasteiger partial charge < -0.3 is 5.32 Å². The largest absolute Gasteiger partial charge is 0.351 e. The Balaban J connectivity index is 2.15. The standard InChI is InChI=1S/C13H15N3O2/c1-2-3-9-14-13(17)12-11(15-18-16-12)10-7-5-4-6-8-10/h4-8H,2-3,9H2,1H3,(H,14,17). The maximum Gasteiger partial charge on any atom is 0.275 e. The summed E-state index contributed by atoms with van der Waals surface area (Å²) in [5, 5.41) is 10.3. The van der Waals surface area contributed by atoms with Crippen LogP contribution >= 0.6 is 0 Å². The second-order valence-corrected chi connectivity index (χ2v) is 3.94. The molecule has 0 unspecified atom stereocenters. The number of benzene rings is 1. The third kappa shape index (κ3) is 2.74. The number of aromatic nitrogens is 2. The zero-order valence-electron chi connectivity index (χ0n) is 10.2. The molecule has 2 aromatic rings. The highest BCUT2D eigenvalue weighted by molar-refractivity contribution is 5.97. The quantitative estimate of drug-likeness (QED) is 0.820. The van der Waals surface area contributed by atoms with Crippen molar-refractivity contribution < 1.29 is 9.42 Å². The molecule has 0 fully saturated rings. The lowest BCUT2D eigenvalue weighted by Gasteiger charge is -2.02. The summed E-state index contributed by atoms with van der Waals surface area (Å²) in [6.07, 6.45) is 1.97. The lowest BCUT2D eigenvalue weighted by molar-refractivity contribution is 0.0943. The number of amides is 1. The molecular formula is C13H15N3O2. The van der Waals surface area contributed by atoms with E-state index >= 15 is 0 Å². The summed E-state index contributed by atoms with van der Waals surface area (Å²) in [6, 6.07) is 9.38. The lowest BCUT2D eigenvalue weighted by atomic mass is 10.1. The van der Waals surface area contributed by atoms with Crippen LogP contribution in [0.5, 0.6) is 0 Å². The van der Waals surface area contributed by atoms with Crippen LogP contribution in [0.1, 0.15) is 30.3 Å². The van der Waals surface area contributed by atoms with E-state index in [4.69, 9.17) is 0 Å². The highest BCUT2D eigenvalue weighted by Gasteiger charge is 2.18. The second kappa shape index (κ2) is 5.95. The van der Waals surface area contributed by atoms with Crippen molar-refractivity contribution in [1.82, 2.24) is 15.6 Å². The summed E-state index contributed by atoms with van der Waals surface area (Å²) in [5.74, 6) is -0.247. The van der Waals surface area contributed by atoms with Gasteiger partial charge in [0.1, 0.15) is 5.69 Å². The molecule has 0 radical (unpaired) electrons. The Hall–Kier alpha value is -2.17. The Kier molecular flexibility index (Phi) is 4.06. The fraction of sp³-hybridized carbons (Fsp3) is 0.308. The van der Waals surface area contributed by atoms with E-state index in [9.17, 15) is 4.79 Å². The molecule has 0 atom stereocenters. The van der Waals surface area contributed by atoms with Crippen LogP contribution in [-0.4, -0.2) is 22.8 Å². The minimum atomic E-state index is -0.247. The summed E-state index contributed by atoms with van der Waals surface area (Å²) >= 11 is 0. The van der Waals surface area contributed by atoms with E-state index in [1.165, 1.54) is 0 Å². The minimum absolute atomic E-state index is 0.234. The molecule has 5 nitrogen and oxygen atoms in total. The van der Waals surface area contributed by atoms with Crippen molar-refractivity contribution >= 4 is 5.91 Å². The number of nitrogens with one attached hydrogen (secondary N) is 1. The normalized spacial score (nSPS) is 10.3. The third-order valence-corrected chi connectivity index (χ3v) is 2.57. The van der Waals surface area contributed by atoms with Crippen molar-refractivity contribution in [3.05, 3.63) is 36.0 Å². The topological polar surface area (TPSA) is 68.0 Å². The minimum Gasteiger partial charge on any atom is -0.351 e. The molecule has 0 saturated carbocycles. The van der Waals surface area contributed by atoms with Crippen molar-refractivity contribution in [3.8, 4) is 11.3 Å². The van der Waals surface area contributed by atoms with Crippen LogP contribution in [-0.2, 0) is 0 Å². The maximum atomic E-state index is 11.9. The molecule has 1 aromatic carbocycles. The molecule has 0 bridgehead atoms. The van der Waals surface area contributed by atoms with E-state index in [2.05, 4.69) is 27.2 Å². The number of nitrogens with zero attached hydrogens (tertiary/aromatic N) is 2. The molecule has 94 valence electrons. The van der Waals surface area contributed by atoms with E-state index in [0.29, 0.717) is 12.2 Å². The van der Waals surface area contributed by atoms with Crippen molar-refractivity contribution in [2.45, 2.75) is 19.8 Å². The SMILES string of the molecule is CCCCNC(=O)c1nonc1-c1ccccc1. The molecule has 1 amide bonds. The molecule has 1 heterocycles. The molecule has 1 aromatic heterocycles. The number of carbonyl (C=O) groups is 1. The summed E-state index contributed by atoms with van der Waals surface area (Å²) < 4.78 is 4.67. The van der Waals surface area contributed by atoms with Crippen LogP contribution < -0.4 is 5.32 Å². The molecule has 1 N–H and O–H groups in total. The van der Waals surface area contributed by atoms with E-state index in [0.717, 1.165) is 18.4 Å². The van der Waals surface area contributed by atoms with E-state index in [-0.39, 0.29) is 11.6 Å². The van der Waals surface area contributed by atoms with Gasteiger partial charge in [0.25, 0.3) is 5.91 Å². The smallest absolute Gasteiger partial charge is 0.275 e. The van der Waals surface area contributed by atoms with Gasteiger partial charge in [0.05, 0.1) is 0 Å². The van der Waals surface area contributed by atoms with Crippen LogP contribution in [0, 0.1) is 0 Å². The van der Waals surface area contributed by atoms with Gasteiger partial charge in [-0.2, -0.15) is 0 Å². The van der Waals surface area contributed by atoms with Gasteiger partial charge in [-0.05, 0) is 16.7 Å². The van der Waals surface area contributed by atoms with Crippen LogP contribution in [0.25, 0.3) is 11.3 Å². The molecule has 0 saturated heterocycles. The molecule has 0 aliphatic carbocycles. The Morgan fingerprint density at radius 1 is 1.28 bits per heavy atom. The molecular weight excluding hydrogens is 230 g/mol. The van der Waals surface area contributed by atoms with E-state index < -0.39 is 0 Å². The first-order chi connectivity index (χ1) is 8.83. The van der Waals surface area contributed by atoms with Gasteiger partial charge in [-0.3, -0.25) is 4.79 Å². The van der Waals surface area contributed by atoms with Gasteiger partial charge in [-0.25, -0.2) is 4.63 Å². The number of hydrogen-bond acceptors (Lipinski definition) is 4. The van der Waals surface area contributed by atoms with Crippen molar-refractivity contribution in [2.75, 3.05) is 6.54 Å². The highest BCUT2D eigenvalue weighted by Crippen LogP contribution is 2.19. The van der Waals surface area contributed by atoms with E-state index in [1.807, 2.05) is 30.3 Å². The summed E-state index contributed by atoms with van der Waals surface area (Å²) in [6.45, 7) is 2.70. The van der Waals surface area contributed by atoms with Gasteiger partial charge in [0.15, 0.2) is 5.69 Å². The van der Waals surface area contributed by atoms with Crippen molar-refractivity contribution in [2.24, 2.45) is 0 Å². The van der Waals surface area contributed by atoms with Gasteiger partial charge >= 0.3 is 0 Å². The predicted octanol–water partition coefficient (Wildman–Crippen LogP) is 2.27. The third-order valence-electron chi connectivity index (χ3n) is 2.57. The van der Waals surface area contributed by atoms with Gasteiger partial charge in [0, 0.05) is 12.1 Å². The van der Waals surface area contributed by atoms with Crippen LogP contribution in [0.4, 0.5) is 0 Å². The first kappa shape index (κ1) is 12.3. The number of carbonyl (C=O) groups excluding carboxylic acids is 1. The van der Waals surface area contributed by atoms with Crippen LogP contribution in [0.2, 0.25) is 0 Å². The van der Waals surface area contributed by atoms with Crippen LogP contribution in [0.15, 0.2) is 35.0 Å². The molecule has 0 aliphatic heterocycles. The summed E-state index contributed by atoms with van der Waals surface area (Å²) in [5.41, 5.74) is 1.53. The fourth-order valence-corrected chi connectivity index (χ4v) is 1.59. The zero-order chi connectivity index (χ0) is 12.8. The van der Waals surface area contributed by atoms with Crippen molar-refractivity contribution in [3.63, 3.8) is 0 Å². The molecule has 0 aliphatic rings. The van der Waals surface area contributed by atoms with Crippen LogP contribution in [0.3, 0.4) is 0 Å². The zero-order valence-corrected chi connectivity index (χ0v) is 10.2. The number of rotatable bonds is 5. The fourth-order valence-electron chi connectivity index (χ4n) is 1.59. The van der Waals surface area contributed by atoms with Crippen molar-refractivity contribution in [1.29, 1.82) is 0 Å². The lowest BCUT2D eigenvalue weighted by Crippen LogP contribution is -2.25. The Morgan fingerprint density at radius 2 is 2.06 bits per heavy atom. The highest BCUT2D eigenvalue weighted by atomic mass is 16.6. The Bertz CT molecular complexity index is 508. The molecule has 5 heteroatoms. The summed E-state index contributed by atoms with van der Waals surface area (Å²) in [7, 11) is 0. The maximum absolute atomic E-state index is 11.9. The summed E-state index contributed by atoms with van der Waals surface area (Å²) in [4.78, 5) is 11.9. The monoisotopic (exact) mass is 245 g/mol. The molecule has 0 spiro atoms. The predicted molar refractivity (Wildman–Crippen MR) is 67.0 cm³/mol. The number of hydrogen-bond donors (Lipinski definition) is 1. The Morgan fingerprint density at radius 3 is 2.78 bits per heavy atom. The van der Waals surface area contributed by atoms with Gasteiger partial charge in [0.2, 0.25) is 0 Å². The average molecular weight is 245 g/mol. The second-order valence-electron chi connectivity index (χ2n) is 3.94. The first-order valence-electron chi connectivity index (χ1n) is 5.99.